The molecule has 0 aromatic heterocycles. The van der Waals surface area contributed by atoms with Crippen LogP contribution in [0.1, 0.15) is 38.5 Å². The molecule has 1 heteroatoms. The molecule has 4 bridgehead atoms. The summed E-state index contributed by atoms with van der Waals surface area (Å²) in [5.41, 5.74) is -0.616. The second kappa shape index (κ2) is 2.85. The monoisotopic (exact) mass is 191 g/mol. The molecule has 0 atom stereocenters. The van der Waals surface area contributed by atoms with Crippen LogP contribution in [0.15, 0.2) is 12.7 Å². The topological polar surface area (TPSA) is 19.9 Å². The number of hydrogen-bond donors (Lipinski definition) is 0. The van der Waals surface area contributed by atoms with Crippen molar-refractivity contribution in [2.45, 2.75) is 44.1 Å². The fraction of sp³-hybridized carbons (Fsp3) is 0.846. The van der Waals surface area contributed by atoms with E-state index in [0.717, 1.165) is 11.8 Å². The SMILES string of the molecule is C=CCC1([O])C2CC3CC(C2)CC1C3. The fourth-order valence-corrected chi connectivity index (χ4v) is 4.54. The standard InChI is InChI=1S/C13H19O/c1-2-3-13(14)11-5-9-4-10(7-11)8-12(13)6-9/h2,9-12H,1,3-8H2. The molecular weight excluding hydrogens is 172 g/mol. The highest BCUT2D eigenvalue weighted by molar-refractivity contribution is 5.08. The summed E-state index contributed by atoms with van der Waals surface area (Å²) in [5, 5.41) is 12.8. The van der Waals surface area contributed by atoms with Gasteiger partial charge in [-0.2, -0.15) is 0 Å². The van der Waals surface area contributed by atoms with Crippen molar-refractivity contribution in [3.05, 3.63) is 12.7 Å². The van der Waals surface area contributed by atoms with Gasteiger partial charge in [-0.25, -0.2) is 5.11 Å². The molecule has 4 rings (SSSR count). The molecule has 4 saturated carbocycles. The van der Waals surface area contributed by atoms with Gasteiger partial charge in [-0.3, -0.25) is 0 Å². The predicted molar refractivity (Wildman–Crippen MR) is 55.3 cm³/mol. The molecule has 14 heavy (non-hydrogen) atoms. The van der Waals surface area contributed by atoms with Gasteiger partial charge >= 0.3 is 0 Å². The molecule has 0 amide bonds. The quantitative estimate of drug-likeness (QED) is 0.597. The smallest absolute Gasteiger partial charge is 0.113 e. The second-order valence-corrected chi connectivity index (χ2v) is 5.75. The Morgan fingerprint density at radius 3 is 2.00 bits per heavy atom. The summed E-state index contributed by atoms with van der Waals surface area (Å²) in [5.74, 6) is 2.78. The lowest BCUT2D eigenvalue weighted by molar-refractivity contribution is -0.203. The number of hydrogen-bond acceptors (Lipinski definition) is 0. The highest BCUT2D eigenvalue weighted by atomic mass is 16.3. The summed E-state index contributed by atoms with van der Waals surface area (Å²) < 4.78 is 0. The Bertz CT molecular complexity index is 228. The van der Waals surface area contributed by atoms with Gasteiger partial charge in [0.1, 0.15) is 5.60 Å². The average molecular weight is 191 g/mol. The zero-order valence-electron chi connectivity index (χ0n) is 8.74. The third kappa shape index (κ3) is 1.05. The van der Waals surface area contributed by atoms with Gasteiger partial charge in [0.15, 0.2) is 0 Å². The molecule has 77 valence electrons. The summed E-state index contributed by atoms with van der Waals surface area (Å²) in [6, 6.07) is 0. The Kier molecular flexibility index (Phi) is 1.82. The zero-order valence-corrected chi connectivity index (χ0v) is 8.74. The Morgan fingerprint density at radius 1 is 1.07 bits per heavy atom. The molecule has 0 aliphatic heterocycles. The fourth-order valence-electron chi connectivity index (χ4n) is 4.54. The molecule has 4 fully saturated rings. The molecule has 0 saturated heterocycles. The molecule has 0 aromatic carbocycles. The van der Waals surface area contributed by atoms with E-state index in [1.807, 2.05) is 6.08 Å². The predicted octanol–water partition coefficient (Wildman–Crippen LogP) is 3.19. The third-order valence-electron chi connectivity index (χ3n) is 4.98. The normalized spacial score (nSPS) is 54.9. The van der Waals surface area contributed by atoms with Crippen LogP contribution in [0, 0.1) is 23.7 Å². The van der Waals surface area contributed by atoms with E-state index in [4.69, 9.17) is 0 Å². The van der Waals surface area contributed by atoms with Gasteiger partial charge in [-0.15, -0.1) is 6.58 Å². The highest BCUT2D eigenvalue weighted by Crippen LogP contribution is 2.59. The third-order valence-corrected chi connectivity index (χ3v) is 4.98. The van der Waals surface area contributed by atoms with Crippen LogP contribution in [0.3, 0.4) is 0 Å². The van der Waals surface area contributed by atoms with Crippen LogP contribution >= 0.6 is 0 Å². The maximum atomic E-state index is 12.8. The molecule has 0 spiro atoms. The summed E-state index contributed by atoms with van der Waals surface area (Å²) in [4.78, 5) is 0. The van der Waals surface area contributed by atoms with Crippen molar-refractivity contribution in [1.82, 2.24) is 0 Å². The Morgan fingerprint density at radius 2 is 1.57 bits per heavy atom. The van der Waals surface area contributed by atoms with Gasteiger partial charge in [0, 0.05) is 0 Å². The Hall–Kier alpha value is -0.300. The Balaban J connectivity index is 1.90. The Labute approximate surface area is 86.2 Å². The van der Waals surface area contributed by atoms with Crippen molar-refractivity contribution in [3.8, 4) is 0 Å². The van der Waals surface area contributed by atoms with Crippen LogP contribution in [0.4, 0.5) is 0 Å². The van der Waals surface area contributed by atoms with Gasteiger partial charge in [-0.05, 0) is 62.2 Å². The van der Waals surface area contributed by atoms with E-state index >= 15 is 0 Å². The second-order valence-electron chi connectivity index (χ2n) is 5.75. The molecule has 1 nitrogen and oxygen atoms in total. The lowest BCUT2D eigenvalue weighted by Crippen LogP contribution is -2.56. The van der Waals surface area contributed by atoms with Crippen molar-refractivity contribution < 1.29 is 5.11 Å². The van der Waals surface area contributed by atoms with Gasteiger partial charge in [-0.1, -0.05) is 6.08 Å². The van der Waals surface area contributed by atoms with Gasteiger partial charge in [0.25, 0.3) is 0 Å². The maximum Gasteiger partial charge on any atom is 0.113 e. The van der Waals surface area contributed by atoms with Crippen molar-refractivity contribution in [1.29, 1.82) is 0 Å². The molecule has 4 aliphatic rings. The molecular formula is C13H19O. The van der Waals surface area contributed by atoms with E-state index in [-0.39, 0.29) is 0 Å². The first-order chi connectivity index (χ1) is 6.72. The van der Waals surface area contributed by atoms with Crippen LogP contribution in [-0.4, -0.2) is 5.60 Å². The van der Waals surface area contributed by atoms with Crippen molar-refractivity contribution in [2.24, 2.45) is 23.7 Å². The number of rotatable bonds is 2. The summed E-state index contributed by atoms with van der Waals surface area (Å²) >= 11 is 0. The minimum Gasteiger partial charge on any atom is -0.229 e. The largest absolute Gasteiger partial charge is 0.229 e. The first-order valence-corrected chi connectivity index (χ1v) is 6.03. The van der Waals surface area contributed by atoms with Gasteiger partial charge < -0.3 is 0 Å². The van der Waals surface area contributed by atoms with Gasteiger partial charge in [0.05, 0.1) is 0 Å². The van der Waals surface area contributed by atoms with Crippen molar-refractivity contribution >= 4 is 0 Å². The van der Waals surface area contributed by atoms with Crippen molar-refractivity contribution in [2.75, 3.05) is 0 Å². The van der Waals surface area contributed by atoms with E-state index in [1.165, 1.54) is 32.1 Å². The summed E-state index contributed by atoms with van der Waals surface area (Å²) in [6.07, 6.45) is 8.90. The first-order valence-electron chi connectivity index (χ1n) is 6.03. The maximum absolute atomic E-state index is 12.8. The van der Waals surface area contributed by atoms with Crippen molar-refractivity contribution in [3.63, 3.8) is 0 Å². The molecule has 4 aliphatic carbocycles. The van der Waals surface area contributed by atoms with Gasteiger partial charge in [0.2, 0.25) is 0 Å². The van der Waals surface area contributed by atoms with E-state index in [0.29, 0.717) is 18.3 Å². The molecule has 1 radical (unpaired) electrons. The van der Waals surface area contributed by atoms with E-state index in [9.17, 15) is 5.11 Å². The van der Waals surface area contributed by atoms with Crippen LogP contribution in [0.2, 0.25) is 0 Å². The van der Waals surface area contributed by atoms with E-state index < -0.39 is 5.60 Å². The van der Waals surface area contributed by atoms with Crippen LogP contribution in [-0.2, 0) is 5.11 Å². The zero-order chi connectivity index (χ0) is 9.76. The van der Waals surface area contributed by atoms with Crippen LogP contribution < -0.4 is 0 Å². The highest BCUT2D eigenvalue weighted by Gasteiger charge is 2.56. The lowest BCUT2D eigenvalue weighted by atomic mass is 9.49. The van der Waals surface area contributed by atoms with E-state index in [1.54, 1.807) is 0 Å². The van der Waals surface area contributed by atoms with Crippen LogP contribution in [0.25, 0.3) is 0 Å². The minimum atomic E-state index is -0.616. The van der Waals surface area contributed by atoms with E-state index in [2.05, 4.69) is 6.58 Å². The van der Waals surface area contributed by atoms with Crippen LogP contribution in [0.5, 0.6) is 0 Å². The molecule has 0 unspecified atom stereocenters. The average Bonchev–Trinajstić information content (AvgIpc) is 2.14. The molecule has 0 aromatic rings. The minimum absolute atomic E-state index is 0.483. The molecule has 0 heterocycles. The first kappa shape index (κ1) is 8.96. The summed E-state index contributed by atoms with van der Waals surface area (Å²) in [6.45, 7) is 3.76. The summed E-state index contributed by atoms with van der Waals surface area (Å²) in [7, 11) is 0. The lowest BCUT2D eigenvalue weighted by Gasteiger charge is -2.57. The molecule has 0 N–H and O–H groups in total.